The first-order valence-electron chi connectivity index (χ1n) is 9.61. The lowest BCUT2D eigenvalue weighted by Gasteiger charge is -2.21. The molecule has 1 aromatic carbocycles. The summed E-state index contributed by atoms with van der Waals surface area (Å²) in [4.78, 5) is 25.4. The Hall–Kier alpha value is -3.26. The molecule has 1 N–H and O–H groups in total. The molecule has 1 fully saturated rings. The van der Waals surface area contributed by atoms with Gasteiger partial charge in [0.05, 0.1) is 0 Å². The molecule has 0 bridgehead atoms. The van der Waals surface area contributed by atoms with Crippen molar-refractivity contribution in [3.8, 4) is 17.4 Å². The van der Waals surface area contributed by atoms with E-state index in [-0.39, 0.29) is 11.8 Å². The molecule has 0 unspecified atom stereocenters. The molecule has 3 heterocycles. The van der Waals surface area contributed by atoms with Crippen molar-refractivity contribution in [3.05, 3.63) is 54.4 Å². The van der Waals surface area contributed by atoms with Gasteiger partial charge in [0.15, 0.2) is 0 Å². The number of ether oxygens (including phenoxy) is 2. The third-order valence-corrected chi connectivity index (χ3v) is 4.81. The lowest BCUT2D eigenvalue weighted by Crippen LogP contribution is -2.28. The van der Waals surface area contributed by atoms with Crippen molar-refractivity contribution < 1.29 is 14.3 Å². The molecule has 8 nitrogen and oxygen atoms in total. The Morgan fingerprint density at radius 3 is 2.62 bits per heavy atom. The van der Waals surface area contributed by atoms with Crippen LogP contribution in [0.15, 0.2) is 42.7 Å². The van der Waals surface area contributed by atoms with Gasteiger partial charge in [0.2, 0.25) is 11.8 Å². The molecular formula is C21H23N5O3. The SMILES string of the molecule is Cc1nc(Oc2ccc(NC(=O)C3CCOCC3)cc2)cc(-n2ccnc2C)n1. The average molecular weight is 393 g/mol. The summed E-state index contributed by atoms with van der Waals surface area (Å²) in [5.41, 5.74) is 0.738. The molecular weight excluding hydrogens is 370 g/mol. The number of amides is 1. The fourth-order valence-corrected chi connectivity index (χ4v) is 3.25. The molecule has 3 aromatic rings. The minimum atomic E-state index is 0.00808. The molecule has 8 heteroatoms. The summed E-state index contributed by atoms with van der Waals surface area (Å²) in [6.07, 6.45) is 5.09. The topological polar surface area (TPSA) is 91.2 Å². The van der Waals surface area contributed by atoms with E-state index in [1.165, 1.54) is 0 Å². The van der Waals surface area contributed by atoms with Crippen molar-refractivity contribution in [1.82, 2.24) is 19.5 Å². The van der Waals surface area contributed by atoms with Gasteiger partial charge in [-0.2, -0.15) is 4.98 Å². The van der Waals surface area contributed by atoms with Crippen molar-refractivity contribution in [1.29, 1.82) is 0 Å². The van der Waals surface area contributed by atoms with Crippen molar-refractivity contribution >= 4 is 11.6 Å². The van der Waals surface area contributed by atoms with Crippen molar-refractivity contribution in [2.24, 2.45) is 5.92 Å². The third kappa shape index (κ3) is 4.60. The highest BCUT2D eigenvalue weighted by Crippen LogP contribution is 2.24. The van der Waals surface area contributed by atoms with Crippen LogP contribution in [0.3, 0.4) is 0 Å². The zero-order valence-corrected chi connectivity index (χ0v) is 16.5. The van der Waals surface area contributed by atoms with Gasteiger partial charge in [-0.15, -0.1) is 0 Å². The predicted octanol–water partition coefficient (Wildman–Crippen LogP) is 3.44. The largest absolute Gasteiger partial charge is 0.439 e. The molecule has 0 saturated carbocycles. The Kier molecular flexibility index (Phi) is 5.53. The molecule has 0 spiro atoms. The second-order valence-electron chi connectivity index (χ2n) is 6.96. The van der Waals surface area contributed by atoms with Gasteiger partial charge in [-0.05, 0) is 51.0 Å². The summed E-state index contributed by atoms with van der Waals surface area (Å²) in [5, 5.41) is 2.96. The number of imidazole rings is 1. The number of benzene rings is 1. The highest BCUT2D eigenvalue weighted by atomic mass is 16.5. The van der Waals surface area contributed by atoms with E-state index in [2.05, 4.69) is 20.3 Å². The number of hydrogen-bond acceptors (Lipinski definition) is 6. The van der Waals surface area contributed by atoms with Crippen LogP contribution < -0.4 is 10.1 Å². The van der Waals surface area contributed by atoms with Gasteiger partial charge in [0.1, 0.15) is 23.2 Å². The molecule has 1 aliphatic heterocycles. The summed E-state index contributed by atoms with van der Waals surface area (Å²) in [5.74, 6) is 3.25. The highest BCUT2D eigenvalue weighted by Gasteiger charge is 2.21. The predicted molar refractivity (Wildman–Crippen MR) is 107 cm³/mol. The van der Waals surface area contributed by atoms with Crippen LogP contribution >= 0.6 is 0 Å². The molecule has 1 amide bonds. The summed E-state index contributed by atoms with van der Waals surface area (Å²) >= 11 is 0. The molecule has 150 valence electrons. The Balaban J connectivity index is 1.44. The fraction of sp³-hybridized carbons (Fsp3) is 0.333. The Labute approximate surface area is 168 Å². The second kappa shape index (κ2) is 8.40. The van der Waals surface area contributed by atoms with Crippen LogP contribution in [0.1, 0.15) is 24.5 Å². The molecule has 0 atom stereocenters. The Morgan fingerprint density at radius 1 is 1.17 bits per heavy atom. The zero-order valence-electron chi connectivity index (χ0n) is 16.5. The van der Waals surface area contributed by atoms with E-state index in [4.69, 9.17) is 9.47 Å². The monoisotopic (exact) mass is 393 g/mol. The quantitative estimate of drug-likeness (QED) is 0.714. The van der Waals surface area contributed by atoms with E-state index >= 15 is 0 Å². The summed E-state index contributed by atoms with van der Waals surface area (Å²) in [7, 11) is 0. The maximum absolute atomic E-state index is 12.3. The number of anilines is 1. The Bertz CT molecular complexity index is 994. The van der Waals surface area contributed by atoms with E-state index in [1.54, 1.807) is 24.4 Å². The highest BCUT2D eigenvalue weighted by molar-refractivity contribution is 5.92. The number of hydrogen-bond donors (Lipinski definition) is 1. The van der Waals surface area contributed by atoms with Crippen LogP contribution in [-0.4, -0.2) is 38.6 Å². The number of carbonyl (C=O) groups excluding carboxylic acids is 1. The molecule has 2 aromatic heterocycles. The van der Waals surface area contributed by atoms with Crippen LogP contribution in [0.5, 0.6) is 11.6 Å². The number of rotatable bonds is 5. The van der Waals surface area contributed by atoms with E-state index in [0.29, 0.717) is 36.5 Å². The minimum absolute atomic E-state index is 0.00808. The smallest absolute Gasteiger partial charge is 0.227 e. The van der Waals surface area contributed by atoms with E-state index in [9.17, 15) is 4.79 Å². The number of aromatic nitrogens is 4. The van der Waals surface area contributed by atoms with Crippen LogP contribution in [0.4, 0.5) is 5.69 Å². The van der Waals surface area contributed by atoms with Gasteiger partial charge >= 0.3 is 0 Å². The van der Waals surface area contributed by atoms with Gasteiger partial charge in [-0.25, -0.2) is 9.97 Å². The lowest BCUT2D eigenvalue weighted by atomic mass is 9.99. The van der Waals surface area contributed by atoms with Gasteiger partial charge < -0.3 is 14.8 Å². The standard InChI is InChI=1S/C21H23N5O3/c1-14-23-19(26-10-9-22-15(26)2)13-20(24-14)29-18-5-3-17(4-6-18)25-21(27)16-7-11-28-12-8-16/h3-6,9-10,13,16H,7-8,11-12H2,1-2H3,(H,25,27). The van der Waals surface area contributed by atoms with Gasteiger partial charge in [0, 0.05) is 43.3 Å². The molecule has 29 heavy (non-hydrogen) atoms. The van der Waals surface area contributed by atoms with Crippen molar-refractivity contribution in [2.75, 3.05) is 18.5 Å². The number of aryl methyl sites for hydroxylation is 2. The Morgan fingerprint density at radius 2 is 1.93 bits per heavy atom. The summed E-state index contributed by atoms with van der Waals surface area (Å²) in [6.45, 7) is 5.01. The summed E-state index contributed by atoms with van der Waals surface area (Å²) < 4.78 is 13.1. The van der Waals surface area contributed by atoms with Crippen molar-refractivity contribution in [3.63, 3.8) is 0 Å². The lowest BCUT2D eigenvalue weighted by molar-refractivity contribution is -0.122. The number of carbonyl (C=O) groups is 1. The fourth-order valence-electron chi connectivity index (χ4n) is 3.25. The maximum atomic E-state index is 12.3. The molecule has 0 aliphatic carbocycles. The normalized spacial score (nSPS) is 14.6. The molecule has 1 saturated heterocycles. The van der Waals surface area contributed by atoms with E-state index < -0.39 is 0 Å². The first kappa shape index (κ1) is 19.1. The molecule has 4 rings (SSSR count). The van der Waals surface area contributed by atoms with Crippen LogP contribution in [0, 0.1) is 19.8 Å². The first-order valence-corrected chi connectivity index (χ1v) is 9.61. The minimum Gasteiger partial charge on any atom is -0.439 e. The maximum Gasteiger partial charge on any atom is 0.227 e. The van der Waals surface area contributed by atoms with Crippen LogP contribution in [0.25, 0.3) is 5.82 Å². The zero-order chi connectivity index (χ0) is 20.2. The van der Waals surface area contributed by atoms with Gasteiger partial charge in [-0.3, -0.25) is 9.36 Å². The number of nitrogens with zero attached hydrogens (tertiary/aromatic N) is 4. The molecule has 1 aliphatic rings. The van der Waals surface area contributed by atoms with Gasteiger partial charge in [0.25, 0.3) is 0 Å². The van der Waals surface area contributed by atoms with Crippen LogP contribution in [-0.2, 0) is 9.53 Å². The third-order valence-electron chi connectivity index (χ3n) is 4.81. The average Bonchev–Trinajstić information content (AvgIpc) is 3.16. The van der Waals surface area contributed by atoms with Crippen molar-refractivity contribution in [2.45, 2.75) is 26.7 Å². The molecule has 0 radical (unpaired) electrons. The van der Waals surface area contributed by atoms with E-state index in [1.807, 2.05) is 36.7 Å². The second-order valence-corrected chi connectivity index (χ2v) is 6.96. The number of nitrogens with one attached hydrogen (secondary N) is 1. The van der Waals surface area contributed by atoms with E-state index in [0.717, 1.165) is 24.4 Å². The van der Waals surface area contributed by atoms with Gasteiger partial charge in [-0.1, -0.05) is 0 Å². The van der Waals surface area contributed by atoms with Crippen LogP contribution in [0.2, 0.25) is 0 Å². The first-order chi connectivity index (χ1) is 14.1. The summed E-state index contributed by atoms with van der Waals surface area (Å²) in [6, 6.07) is 9.02.